The maximum absolute atomic E-state index is 13.2. The first-order chi connectivity index (χ1) is 16.2. The van der Waals surface area contributed by atoms with Crippen molar-refractivity contribution in [2.75, 3.05) is 31.5 Å². The second kappa shape index (κ2) is 10.5. The summed E-state index contributed by atoms with van der Waals surface area (Å²) in [6.45, 7) is 5.71. The van der Waals surface area contributed by atoms with E-state index in [0.717, 1.165) is 32.0 Å². The van der Waals surface area contributed by atoms with E-state index in [0.29, 0.717) is 41.8 Å². The molecule has 1 aromatic carbocycles. The highest BCUT2D eigenvalue weighted by Crippen LogP contribution is 2.35. The number of alkyl halides is 3. The van der Waals surface area contributed by atoms with Crippen LogP contribution in [-0.2, 0) is 12.7 Å². The molecule has 6 nitrogen and oxygen atoms in total. The number of nitrogens with zero attached hydrogens (tertiary/aromatic N) is 4. The van der Waals surface area contributed by atoms with E-state index in [1.165, 1.54) is 37.7 Å². The number of rotatable bonds is 5. The van der Waals surface area contributed by atoms with Crippen molar-refractivity contribution in [2.45, 2.75) is 57.8 Å². The Morgan fingerprint density at radius 3 is 2.47 bits per heavy atom. The third kappa shape index (κ3) is 5.63. The van der Waals surface area contributed by atoms with E-state index in [9.17, 15) is 18.0 Å². The molecular weight excluding hydrogens is 467 g/mol. The quantitative estimate of drug-likeness (QED) is 0.621. The molecule has 0 unspecified atom stereocenters. The molecule has 1 N–H and O–H groups in total. The van der Waals surface area contributed by atoms with Gasteiger partial charge in [-0.3, -0.25) is 4.79 Å². The van der Waals surface area contributed by atoms with Crippen LogP contribution < -0.4 is 5.32 Å². The minimum atomic E-state index is -4.50. The van der Waals surface area contributed by atoms with Gasteiger partial charge in [-0.25, -0.2) is 9.97 Å². The molecule has 4 rings (SSSR count). The molecule has 184 valence electrons. The van der Waals surface area contributed by atoms with Gasteiger partial charge in [-0.2, -0.15) is 13.2 Å². The normalized spacial score (nSPS) is 18.2. The minimum Gasteiger partial charge on any atom is -0.366 e. The van der Waals surface area contributed by atoms with Crippen molar-refractivity contribution in [3.05, 3.63) is 51.9 Å². The molecular formula is C24H29ClF3N5O. The third-order valence-electron chi connectivity index (χ3n) is 6.74. The number of amides is 1. The van der Waals surface area contributed by atoms with E-state index in [1.54, 1.807) is 6.92 Å². The molecule has 3 heterocycles. The summed E-state index contributed by atoms with van der Waals surface area (Å²) in [7, 11) is 0. The van der Waals surface area contributed by atoms with Crippen LogP contribution in [0.2, 0.25) is 5.02 Å². The van der Waals surface area contributed by atoms with Crippen LogP contribution in [0.3, 0.4) is 0 Å². The lowest BCUT2D eigenvalue weighted by atomic mass is 9.99. The average Bonchev–Trinajstić information content (AvgIpc) is 2.83. The van der Waals surface area contributed by atoms with E-state index < -0.39 is 11.7 Å². The molecule has 0 bridgehead atoms. The second-order valence-electron chi connectivity index (χ2n) is 8.98. The number of likely N-dealkylation sites (tertiary alicyclic amines) is 2. The van der Waals surface area contributed by atoms with Gasteiger partial charge >= 0.3 is 6.18 Å². The van der Waals surface area contributed by atoms with Crippen molar-refractivity contribution >= 4 is 23.3 Å². The first-order valence-corrected chi connectivity index (χ1v) is 12.1. The summed E-state index contributed by atoms with van der Waals surface area (Å²) in [6.07, 6.45) is 2.60. The summed E-state index contributed by atoms with van der Waals surface area (Å²) in [5.74, 6) is 0.357. The van der Waals surface area contributed by atoms with Crippen LogP contribution in [0.1, 0.15) is 59.3 Å². The number of nitrogens with one attached hydrogen (secondary N) is 1. The summed E-state index contributed by atoms with van der Waals surface area (Å²) in [6, 6.07) is 4.17. The molecule has 10 heteroatoms. The maximum atomic E-state index is 13.2. The van der Waals surface area contributed by atoms with Gasteiger partial charge < -0.3 is 15.1 Å². The zero-order valence-corrected chi connectivity index (χ0v) is 19.9. The summed E-state index contributed by atoms with van der Waals surface area (Å²) in [5.41, 5.74) is 0.666. The van der Waals surface area contributed by atoms with Crippen molar-refractivity contribution in [3.63, 3.8) is 0 Å². The van der Waals surface area contributed by atoms with Crippen LogP contribution in [-0.4, -0.2) is 57.9 Å². The van der Waals surface area contributed by atoms with Crippen LogP contribution in [0.5, 0.6) is 0 Å². The number of hydrogen-bond donors (Lipinski definition) is 1. The summed E-state index contributed by atoms with van der Waals surface area (Å²) in [5, 5.41) is 2.74. The monoisotopic (exact) mass is 495 g/mol. The third-order valence-corrected chi connectivity index (χ3v) is 7.06. The summed E-state index contributed by atoms with van der Waals surface area (Å²) in [4.78, 5) is 26.1. The summed E-state index contributed by atoms with van der Waals surface area (Å²) >= 11 is 5.81. The maximum Gasteiger partial charge on any atom is 0.417 e. The van der Waals surface area contributed by atoms with Crippen LogP contribution in [0.25, 0.3) is 0 Å². The number of benzene rings is 1. The Hall–Kier alpha value is -2.39. The van der Waals surface area contributed by atoms with E-state index >= 15 is 0 Å². The standard InChI is InChI=1S/C24H29ClF3N5O/c1-16-21(23(34)33-11-7-18(8-12-33)32-9-3-2-4-10-32)30-15-31-22(16)29-14-17-5-6-19(20(25)13-17)24(26,27)28/h5-6,13,15,18H,2-4,7-12,14H2,1H3,(H,29,30,31). The first-order valence-electron chi connectivity index (χ1n) is 11.7. The lowest BCUT2D eigenvalue weighted by Gasteiger charge is -2.40. The number of halogens is 4. The predicted molar refractivity (Wildman–Crippen MR) is 125 cm³/mol. The van der Waals surface area contributed by atoms with Crippen molar-refractivity contribution in [1.82, 2.24) is 19.8 Å². The summed E-state index contributed by atoms with van der Waals surface area (Å²) < 4.78 is 38.8. The number of hydrogen-bond acceptors (Lipinski definition) is 5. The van der Waals surface area contributed by atoms with E-state index in [1.807, 2.05) is 4.90 Å². The molecule has 0 saturated carbocycles. The van der Waals surface area contributed by atoms with Crippen LogP contribution in [0, 0.1) is 6.92 Å². The number of carbonyl (C=O) groups is 1. The Morgan fingerprint density at radius 1 is 1.12 bits per heavy atom. The zero-order valence-electron chi connectivity index (χ0n) is 19.2. The van der Waals surface area contributed by atoms with Gasteiger partial charge in [0.25, 0.3) is 5.91 Å². The molecule has 2 fully saturated rings. The number of anilines is 1. The lowest BCUT2D eigenvalue weighted by molar-refractivity contribution is -0.137. The molecule has 0 atom stereocenters. The number of piperidine rings is 2. The fourth-order valence-electron chi connectivity index (χ4n) is 4.80. The Balaban J connectivity index is 1.38. The fraction of sp³-hybridized carbons (Fsp3) is 0.542. The molecule has 2 aliphatic heterocycles. The van der Waals surface area contributed by atoms with Crippen LogP contribution >= 0.6 is 11.6 Å². The van der Waals surface area contributed by atoms with Crippen LogP contribution in [0.15, 0.2) is 24.5 Å². The minimum absolute atomic E-state index is 0.113. The smallest absolute Gasteiger partial charge is 0.366 e. The molecule has 2 saturated heterocycles. The Kier molecular flexibility index (Phi) is 7.62. The van der Waals surface area contributed by atoms with Gasteiger partial charge in [-0.15, -0.1) is 0 Å². The highest BCUT2D eigenvalue weighted by molar-refractivity contribution is 6.31. The molecule has 1 amide bonds. The lowest BCUT2D eigenvalue weighted by Crippen LogP contribution is -2.48. The van der Waals surface area contributed by atoms with Gasteiger partial charge in [0.05, 0.1) is 10.6 Å². The Bertz CT molecular complexity index is 1020. The van der Waals surface area contributed by atoms with Crippen molar-refractivity contribution in [2.24, 2.45) is 0 Å². The molecule has 0 aliphatic carbocycles. The van der Waals surface area contributed by atoms with Gasteiger partial charge in [0, 0.05) is 31.2 Å². The first kappa shape index (κ1) is 24.7. The largest absolute Gasteiger partial charge is 0.417 e. The SMILES string of the molecule is Cc1c(NCc2ccc(C(F)(F)F)c(Cl)c2)ncnc1C(=O)N1CCC(N2CCCCC2)CC1. The molecule has 0 radical (unpaired) electrons. The molecule has 1 aromatic heterocycles. The Morgan fingerprint density at radius 2 is 1.82 bits per heavy atom. The molecule has 2 aromatic rings. The average molecular weight is 496 g/mol. The molecule has 0 spiro atoms. The highest BCUT2D eigenvalue weighted by atomic mass is 35.5. The van der Waals surface area contributed by atoms with E-state index in [-0.39, 0.29) is 17.5 Å². The van der Waals surface area contributed by atoms with Gasteiger partial charge in [0.15, 0.2) is 0 Å². The predicted octanol–water partition coefficient (Wildman–Crippen LogP) is 5.16. The van der Waals surface area contributed by atoms with Gasteiger partial charge in [-0.1, -0.05) is 24.1 Å². The van der Waals surface area contributed by atoms with Crippen molar-refractivity contribution in [3.8, 4) is 0 Å². The molecule has 34 heavy (non-hydrogen) atoms. The highest BCUT2D eigenvalue weighted by Gasteiger charge is 2.33. The zero-order chi connectivity index (χ0) is 24.3. The number of aromatic nitrogens is 2. The Labute approximate surface area is 202 Å². The van der Waals surface area contributed by atoms with Gasteiger partial charge in [0.1, 0.15) is 17.8 Å². The second-order valence-corrected chi connectivity index (χ2v) is 9.39. The van der Waals surface area contributed by atoms with Gasteiger partial charge in [0.2, 0.25) is 0 Å². The fourth-order valence-corrected chi connectivity index (χ4v) is 5.11. The van der Waals surface area contributed by atoms with E-state index in [4.69, 9.17) is 11.6 Å². The van der Waals surface area contributed by atoms with Crippen molar-refractivity contribution in [1.29, 1.82) is 0 Å². The van der Waals surface area contributed by atoms with E-state index in [2.05, 4.69) is 20.2 Å². The topological polar surface area (TPSA) is 61.4 Å². The molecule has 2 aliphatic rings. The number of carbonyl (C=O) groups excluding carboxylic acids is 1. The van der Waals surface area contributed by atoms with Crippen molar-refractivity contribution < 1.29 is 18.0 Å². The van der Waals surface area contributed by atoms with Gasteiger partial charge in [-0.05, 0) is 63.4 Å². The van der Waals surface area contributed by atoms with Crippen LogP contribution in [0.4, 0.5) is 19.0 Å².